The van der Waals surface area contributed by atoms with Crippen LogP contribution in [-0.2, 0) is 0 Å². The smallest absolute Gasteiger partial charge is 0.100 e. The van der Waals surface area contributed by atoms with Crippen molar-refractivity contribution in [1.29, 1.82) is 0 Å². The first-order valence-electron chi connectivity index (χ1n) is 14.8. The van der Waals surface area contributed by atoms with Crippen molar-refractivity contribution in [3.63, 3.8) is 0 Å². The lowest BCUT2D eigenvalue weighted by molar-refractivity contribution is -0.0163. The van der Waals surface area contributed by atoms with Crippen molar-refractivity contribution in [2.24, 2.45) is 34.5 Å². The molecule has 1 heterocycles. The maximum atomic E-state index is 4.73. The summed E-state index contributed by atoms with van der Waals surface area (Å²) in [6.07, 6.45) is 24.1. The number of fused-ring (bicyclic) bond motifs is 6. The molecule has 4 unspecified atom stereocenters. The zero-order valence-corrected chi connectivity index (χ0v) is 23.4. The van der Waals surface area contributed by atoms with Crippen molar-refractivity contribution in [3.8, 4) is 0 Å². The molecule has 4 aliphatic carbocycles. The fraction of sp³-hybridized carbons (Fsp3) is 0.559. The van der Waals surface area contributed by atoms with Crippen molar-refractivity contribution in [2.75, 3.05) is 0 Å². The van der Waals surface area contributed by atoms with Crippen LogP contribution in [0.15, 0.2) is 73.4 Å². The Labute approximate surface area is 224 Å². The first-order valence-corrected chi connectivity index (χ1v) is 14.8. The van der Waals surface area contributed by atoms with E-state index in [1.165, 1.54) is 62.6 Å². The highest BCUT2D eigenvalue weighted by molar-refractivity contribution is 5.80. The summed E-state index contributed by atoms with van der Waals surface area (Å²) in [6, 6.07) is 9.15. The van der Waals surface area contributed by atoms with Gasteiger partial charge < -0.3 is 9.47 Å². The molecule has 0 aliphatic heterocycles. The summed E-state index contributed by atoms with van der Waals surface area (Å²) in [5, 5.41) is 0. The molecule has 4 aliphatic rings. The van der Waals surface area contributed by atoms with Crippen LogP contribution in [0.1, 0.15) is 79.1 Å². The van der Waals surface area contributed by atoms with Gasteiger partial charge in [0.25, 0.3) is 0 Å². The highest BCUT2D eigenvalue weighted by Crippen LogP contribution is 2.65. The molecule has 2 aromatic rings. The van der Waals surface area contributed by atoms with Crippen LogP contribution in [0.25, 0.3) is 16.7 Å². The topological polar surface area (TPSA) is 21.1 Å². The third kappa shape index (κ3) is 3.87. The van der Waals surface area contributed by atoms with Gasteiger partial charge in [-0.2, -0.15) is 0 Å². The SMILES string of the molecule is C=CN(/C=C\C(C)CC)[C@H]1CC[C@@]2(C)C(=CCC3C2CC[C@]2(C)C(n4cnc5ccccc54)=CCC32)C1. The first-order chi connectivity index (χ1) is 17.9. The van der Waals surface area contributed by atoms with E-state index in [0.29, 0.717) is 17.4 Å². The molecule has 2 saturated carbocycles. The predicted octanol–water partition coefficient (Wildman–Crippen LogP) is 8.82. The highest BCUT2D eigenvalue weighted by Gasteiger charge is 2.57. The van der Waals surface area contributed by atoms with Crippen LogP contribution < -0.4 is 0 Å². The lowest BCUT2D eigenvalue weighted by Crippen LogP contribution is -2.50. The Balaban J connectivity index is 1.24. The molecule has 0 spiro atoms. The Morgan fingerprint density at radius 3 is 2.73 bits per heavy atom. The van der Waals surface area contributed by atoms with Crippen LogP contribution in [0.4, 0.5) is 0 Å². The number of imidazole rings is 1. The van der Waals surface area contributed by atoms with E-state index in [4.69, 9.17) is 4.98 Å². The number of nitrogens with zero attached hydrogens (tertiary/aromatic N) is 3. The van der Waals surface area contributed by atoms with Crippen molar-refractivity contribution in [2.45, 2.75) is 85.1 Å². The van der Waals surface area contributed by atoms with Crippen molar-refractivity contribution in [1.82, 2.24) is 14.5 Å². The average molecular weight is 496 g/mol. The second-order valence-electron chi connectivity index (χ2n) is 12.9. The predicted molar refractivity (Wildman–Crippen MR) is 156 cm³/mol. The minimum Gasteiger partial charge on any atom is -0.352 e. The van der Waals surface area contributed by atoms with E-state index < -0.39 is 0 Å². The average Bonchev–Trinajstić information content (AvgIpc) is 3.49. The van der Waals surface area contributed by atoms with Crippen LogP contribution in [0.5, 0.6) is 0 Å². The number of allylic oxidation sites excluding steroid dienone is 4. The lowest BCUT2D eigenvalue weighted by atomic mass is 9.47. The Morgan fingerprint density at radius 1 is 1.11 bits per heavy atom. The molecule has 6 rings (SSSR count). The Morgan fingerprint density at radius 2 is 1.92 bits per heavy atom. The summed E-state index contributed by atoms with van der Waals surface area (Å²) in [5.74, 6) is 2.95. The second-order valence-corrected chi connectivity index (χ2v) is 12.9. The van der Waals surface area contributed by atoms with E-state index in [1.54, 1.807) is 5.57 Å². The van der Waals surface area contributed by atoms with Crippen LogP contribution in [-0.4, -0.2) is 20.5 Å². The van der Waals surface area contributed by atoms with E-state index in [0.717, 1.165) is 23.3 Å². The molecule has 0 bridgehead atoms. The summed E-state index contributed by atoms with van der Waals surface area (Å²) >= 11 is 0. The molecule has 1 aromatic carbocycles. The molecule has 1 aromatic heterocycles. The van der Waals surface area contributed by atoms with Gasteiger partial charge in [0.2, 0.25) is 0 Å². The molecular formula is C34H45N3. The number of rotatable bonds is 6. The van der Waals surface area contributed by atoms with Gasteiger partial charge in [-0.25, -0.2) is 4.98 Å². The molecule has 37 heavy (non-hydrogen) atoms. The third-order valence-corrected chi connectivity index (χ3v) is 11.2. The number of para-hydroxylation sites is 2. The van der Waals surface area contributed by atoms with Gasteiger partial charge in [0.1, 0.15) is 6.33 Å². The summed E-state index contributed by atoms with van der Waals surface area (Å²) in [7, 11) is 0. The zero-order chi connectivity index (χ0) is 25.8. The van der Waals surface area contributed by atoms with E-state index in [1.807, 2.05) is 0 Å². The fourth-order valence-corrected chi connectivity index (χ4v) is 8.68. The quantitative estimate of drug-likeness (QED) is 0.373. The molecule has 7 atom stereocenters. The third-order valence-electron chi connectivity index (χ3n) is 11.2. The largest absolute Gasteiger partial charge is 0.352 e. The Hall–Kier alpha value is -2.55. The maximum absolute atomic E-state index is 4.73. The van der Waals surface area contributed by atoms with Crippen LogP contribution in [0.3, 0.4) is 0 Å². The zero-order valence-electron chi connectivity index (χ0n) is 23.4. The monoisotopic (exact) mass is 495 g/mol. The van der Waals surface area contributed by atoms with Crippen molar-refractivity contribution < 1.29 is 0 Å². The highest BCUT2D eigenvalue weighted by atomic mass is 15.1. The molecule has 2 fully saturated rings. The molecule has 3 nitrogen and oxygen atoms in total. The number of hydrogen-bond donors (Lipinski definition) is 0. The molecular weight excluding hydrogens is 450 g/mol. The summed E-state index contributed by atoms with van der Waals surface area (Å²) in [6.45, 7) is 13.9. The van der Waals surface area contributed by atoms with Crippen LogP contribution >= 0.6 is 0 Å². The van der Waals surface area contributed by atoms with E-state index in [9.17, 15) is 0 Å². The van der Waals surface area contributed by atoms with Gasteiger partial charge >= 0.3 is 0 Å². The molecule has 0 saturated heterocycles. The van der Waals surface area contributed by atoms with Gasteiger partial charge in [-0.3, -0.25) is 0 Å². The second kappa shape index (κ2) is 9.33. The fourth-order valence-electron chi connectivity index (χ4n) is 8.68. The lowest BCUT2D eigenvalue weighted by Gasteiger charge is -2.58. The summed E-state index contributed by atoms with van der Waals surface area (Å²) in [5.41, 5.74) is 6.20. The molecule has 0 N–H and O–H groups in total. The summed E-state index contributed by atoms with van der Waals surface area (Å²) in [4.78, 5) is 7.13. The maximum Gasteiger partial charge on any atom is 0.100 e. The van der Waals surface area contributed by atoms with E-state index >= 15 is 0 Å². The summed E-state index contributed by atoms with van der Waals surface area (Å²) < 4.78 is 2.41. The molecule has 3 heteroatoms. The van der Waals surface area contributed by atoms with Gasteiger partial charge in [-0.1, -0.05) is 76.6 Å². The van der Waals surface area contributed by atoms with Gasteiger partial charge in [0.05, 0.1) is 11.0 Å². The van der Waals surface area contributed by atoms with Crippen LogP contribution in [0, 0.1) is 34.5 Å². The van der Waals surface area contributed by atoms with Crippen molar-refractivity contribution in [3.05, 3.63) is 73.4 Å². The van der Waals surface area contributed by atoms with Gasteiger partial charge in [0.15, 0.2) is 0 Å². The van der Waals surface area contributed by atoms with E-state index in [2.05, 4.69) is 105 Å². The van der Waals surface area contributed by atoms with Crippen molar-refractivity contribution >= 4 is 16.7 Å². The first kappa shape index (κ1) is 24.8. The number of aromatic nitrogens is 2. The number of benzene rings is 1. The minimum absolute atomic E-state index is 0.240. The van der Waals surface area contributed by atoms with Gasteiger partial charge in [-0.05, 0) is 92.4 Å². The molecule has 0 amide bonds. The number of hydrogen-bond acceptors (Lipinski definition) is 2. The standard InChI is InChI=1S/C34H45N3/c1-6-24(3)18-21-36(7-2)26-16-19-33(4)25(22-26)12-13-27-28-14-15-32(34(28,5)20-17-29(27)33)37-23-35-30-10-8-9-11-31(30)37/h7-12,15,18,21,23-24,26-29H,2,6,13-14,16-17,19-20,22H2,1,3-5H3/b21-18-/t24?,26-,27?,28?,29?,33-,34-/m0/s1. The van der Waals surface area contributed by atoms with Gasteiger partial charge in [-0.15, -0.1) is 0 Å². The Kier molecular flexibility index (Phi) is 6.24. The minimum atomic E-state index is 0.240. The molecule has 0 radical (unpaired) electrons. The van der Waals surface area contributed by atoms with Crippen LogP contribution in [0.2, 0.25) is 0 Å². The van der Waals surface area contributed by atoms with E-state index in [-0.39, 0.29) is 5.41 Å². The molecule has 196 valence electrons. The Bertz CT molecular complexity index is 1260. The van der Waals surface area contributed by atoms with Gasteiger partial charge in [0, 0.05) is 23.4 Å². The normalized spacial score (nSPS) is 35.9.